The standard InChI is InChI=1S/C11H21N3O2S/c1-5-13-17(15,16)11-6-10(7-12-4)14(8-11)9(2)3/h6,8-9,12-13H,5,7H2,1-4H3. The van der Waals surface area contributed by atoms with Crippen LogP contribution in [-0.2, 0) is 16.6 Å². The molecule has 0 bridgehead atoms. The minimum atomic E-state index is -3.36. The van der Waals surface area contributed by atoms with Gasteiger partial charge in [0.25, 0.3) is 0 Å². The van der Waals surface area contributed by atoms with Crippen molar-refractivity contribution in [1.82, 2.24) is 14.6 Å². The summed E-state index contributed by atoms with van der Waals surface area (Å²) in [5.41, 5.74) is 0.971. The normalized spacial score (nSPS) is 12.3. The van der Waals surface area contributed by atoms with Gasteiger partial charge in [-0.2, -0.15) is 0 Å². The quantitative estimate of drug-likeness (QED) is 0.804. The molecule has 0 atom stereocenters. The van der Waals surface area contributed by atoms with Crippen molar-refractivity contribution < 1.29 is 8.42 Å². The molecule has 98 valence electrons. The topological polar surface area (TPSA) is 63.1 Å². The second-order valence-electron chi connectivity index (χ2n) is 4.20. The molecule has 0 aromatic carbocycles. The van der Waals surface area contributed by atoms with Gasteiger partial charge in [-0.3, -0.25) is 0 Å². The summed E-state index contributed by atoms with van der Waals surface area (Å²) in [6, 6.07) is 1.96. The molecule has 0 spiro atoms. The highest BCUT2D eigenvalue weighted by Crippen LogP contribution is 2.18. The van der Waals surface area contributed by atoms with Gasteiger partial charge in [-0.25, -0.2) is 13.1 Å². The number of rotatable bonds is 6. The SMILES string of the molecule is CCNS(=O)(=O)c1cc(CNC)n(C(C)C)c1. The van der Waals surface area contributed by atoms with Crippen molar-refractivity contribution in [2.75, 3.05) is 13.6 Å². The first-order chi connectivity index (χ1) is 7.92. The van der Waals surface area contributed by atoms with Gasteiger partial charge in [-0.15, -0.1) is 0 Å². The lowest BCUT2D eigenvalue weighted by molar-refractivity contribution is 0.561. The van der Waals surface area contributed by atoms with Crippen molar-refractivity contribution in [1.29, 1.82) is 0 Å². The Labute approximate surface area is 103 Å². The maximum absolute atomic E-state index is 11.9. The summed E-state index contributed by atoms with van der Waals surface area (Å²) >= 11 is 0. The Morgan fingerprint density at radius 2 is 2.06 bits per heavy atom. The summed E-state index contributed by atoms with van der Waals surface area (Å²) in [6.45, 7) is 6.88. The van der Waals surface area contributed by atoms with Crippen LogP contribution in [0.15, 0.2) is 17.2 Å². The second kappa shape index (κ2) is 5.66. The van der Waals surface area contributed by atoms with Gasteiger partial charge in [-0.05, 0) is 27.0 Å². The van der Waals surface area contributed by atoms with E-state index >= 15 is 0 Å². The first kappa shape index (κ1) is 14.2. The zero-order chi connectivity index (χ0) is 13.1. The van der Waals surface area contributed by atoms with Crippen molar-refractivity contribution >= 4 is 10.0 Å². The zero-order valence-electron chi connectivity index (χ0n) is 10.8. The molecule has 6 heteroatoms. The van der Waals surface area contributed by atoms with Crippen molar-refractivity contribution in [3.63, 3.8) is 0 Å². The number of nitrogens with zero attached hydrogens (tertiary/aromatic N) is 1. The van der Waals surface area contributed by atoms with Crippen LogP contribution in [0.25, 0.3) is 0 Å². The number of nitrogens with one attached hydrogen (secondary N) is 2. The van der Waals surface area contributed by atoms with E-state index in [1.807, 2.05) is 25.5 Å². The Bertz CT molecular complexity index is 463. The summed E-state index contributed by atoms with van der Waals surface area (Å²) in [7, 11) is -1.52. The third kappa shape index (κ3) is 3.31. The van der Waals surface area contributed by atoms with Crippen LogP contribution in [0.2, 0.25) is 0 Å². The Hall–Kier alpha value is -0.850. The van der Waals surface area contributed by atoms with Gasteiger partial charge in [0, 0.05) is 31.0 Å². The third-order valence-electron chi connectivity index (χ3n) is 2.47. The maximum atomic E-state index is 11.9. The monoisotopic (exact) mass is 259 g/mol. The summed E-state index contributed by atoms with van der Waals surface area (Å²) in [5.74, 6) is 0. The molecule has 0 radical (unpaired) electrons. The third-order valence-corrected chi connectivity index (χ3v) is 3.98. The molecular formula is C11H21N3O2S. The average Bonchev–Trinajstić information content (AvgIpc) is 2.63. The van der Waals surface area contributed by atoms with Crippen LogP contribution in [0.5, 0.6) is 0 Å². The summed E-state index contributed by atoms with van der Waals surface area (Å²) in [4.78, 5) is 0.332. The van der Waals surface area contributed by atoms with E-state index in [1.54, 1.807) is 19.2 Å². The molecule has 0 saturated heterocycles. The van der Waals surface area contributed by atoms with E-state index in [1.165, 1.54) is 0 Å². The van der Waals surface area contributed by atoms with E-state index in [0.29, 0.717) is 18.0 Å². The fourth-order valence-corrected chi connectivity index (χ4v) is 2.81. The van der Waals surface area contributed by atoms with E-state index in [4.69, 9.17) is 0 Å². The number of aromatic nitrogens is 1. The van der Waals surface area contributed by atoms with Crippen molar-refractivity contribution in [3.8, 4) is 0 Å². The van der Waals surface area contributed by atoms with Gasteiger partial charge >= 0.3 is 0 Å². The van der Waals surface area contributed by atoms with Crippen LogP contribution in [0.3, 0.4) is 0 Å². The van der Waals surface area contributed by atoms with E-state index in [2.05, 4.69) is 10.0 Å². The molecule has 5 nitrogen and oxygen atoms in total. The van der Waals surface area contributed by atoms with Crippen LogP contribution >= 0.6 is 0 Å². The van der Waals surface area contributed by atoms with Crippen molar-refractivity contribution in [2.24, 2.45) is 0 Å². The molecule has 0 amide bonds. The minimum Gasteiger partial charge on any atom is -0.346 e. The van der Waals surface area contributed by atoms with Gasteiger partial charge in [0.05, 0.1) is 4.90 Å². The lowest BCUT2D eigenvalue weighted by Gasteiger charge is -2.11. The highest BCUT2D eigenvalue weighted by molar-refractivity contribution is 7.89. The minimum absolute atomic E-state index is 0.240. The predicted octanol–water partition coefficient (Wildman–Crippen LogP) is 1.09. The van der Waals surface area contributed by atoms with Crippen LogP contribution in [-0.4, -0.2) is 26.6 Å². The molecule has 0 aliphatic rings. The summed E-state index contributed by atoms with van der Waals surface area (Å²) in [5, 5.41) is 3.04. The smallest absolute Gasteiger partial charge is 0.242 e. The van der Waals surface area contributed by atoms with Gasteiger partial charge in [-0.1, -0.05) is 6.92 Å². The number of hydrogen-bond donors (Lipinski definition) is 2. The summed E-state index contributed by atoms with van der Waals surface area (Å²) < 4.78 is 28.2. The molecule has 17 heavy (non-hydrogen) atoms. The van der Waals surface area contributed by atoms with Crippen LogP contribution in [0.1, 0.15) is 32.5 Å². The lowest BCUT2D eigenvalue weighted by atomic mass is 10.3. The Kier molecular flexibility index (Phi) is 4.73. The second-order valence-corrected chi connectivity index (χ2v) is 5.97. The van der Waals surface area contributed by atoms with E-state index in [0.717, 1.165) is 5.69 Å². The van der Waals surface area contributed by atoms with Crippen LogP contribution in [0, 0.1) is 0 Å². The summed E-state index contributed by atoms with van der Waals surface area (Å²) in [6.07, 6.45) is 1.69. The lowest BCUT2D eigenvalue weighted by Crippen LogP contribution is -2.22. The number of hydrogen-bond acceptors (Lipinski definition) is 3. The van der Waals surface area contributed by atoms with E-state index < -0.39 is 10.0 Å². The average molecular weight is 259 g/mol. The van der Waals surface area contributed by atoms with E-state index in [9.17, 15) is 8.42 Å². The first-order valence-electron chi connectivity index (χ1n) is 5.77. The largest absolute Gasteiger partial charge is 0.346 e. The molecule has 1 rings (SSSR count). The van der Waals surface area contributed by atoms with Gasteiger partial charge in [0.2, 0.25) is 10.0 Å². The highest BCUT2D eigenvalue weighted by atomic mass is 32.2. The first-order valence-corrected chi connectivity index (χ1v) is 7.25. The molecule has 2 N–H and O–H groups in total. The fourth-order valence-electron chi connectivity index (χ4n) is 1.72. The van der Waals surface area contributed by atoms with Crippen LogP contribution < -0.4 is 10.0 Å². The van der Waals surface area contributed by atoms with Gasteiger partial charge in [0.1, 0.15) is 0 Å². The molecule has 0 fully saturated rings. The number of sulfonamides is 1. The molecule has 0 aliphatic carbocycles. The fraction of sp³-hybridized carbons (Fsp3) is 0.636. The molecule has 1 aromatic heterocycles. The molecule has 0 saturated carbocycles. The molecule has 0 aliphatic heterocycles. The Morgan fingerprint density at radius 1 is 1.41 bits per heavy atom. The maximum Gasteiger partial charge on any atom is 0.242 e. The molecule has 1 heterocycles. The molecular weight excluding hydrogens is 238 g/mol. The Morgan fingerprint density at radius 3 is 2.53 bits per heavy atom. The predicted molar refractivity (Wildman–Crippen MR) is 68.4 cm³/mol. The van der Waals surface area contributed by atoms with Gasteiger partial charge < -0.3 is 9.88 Å². The molecule has 1 aromatic rings. The zero-order valence-corrected chi connectivity index (χ0v) is 11.6. The highest BCUT2D eigenvalue weighted by Gasteiger charge is 2.18. The van der Waals surface area contributed by atoms with Crippen LogP contribution in [0.4, 0.5) is 0 Å². The van der Waals surface area contributed by atoms with E-state index in [-0.39, 0.29) is 6.04 Å². The van der Waals surface area contributed by atoms with Crippen molar-refractivity contribution in [3.05, 3.63) is 18.0 Å². The van der Waals surface area contributed by atoms with Gasteiger partial charge in [0.15, 0.2) is 0 Å². The molecule has 0 unspecified atom stereocenters. The Balaban J connectivity index is 3.16. The van der Waals surface area contributed by atoms with Crippen molar-refractivity contribution in [2.45, 2.75) is 38.3 Å².